The van der Waals surface area contributed by atoms with Crippen LogP contribution >= 0.6 is 23.6 Å². The molecule has 0 radical (unpaired) electrons. The number of hydrogen-bond donors (Lipinski definition) is 2. The Kier molecular flexibility index (Phi) is 4.12. The molecule has 0 bridgehead atoms. The highest BCUT2D eigenvalue weighted by Gasteiger charge is 2.38. The van der Waals surface area contributed by atoms with Crippen molar-refractivity contribution in [3.05, 3.63) is 14.5 Å². The van der Waals surface area contributed by atoms with Crippen LogP contribution in [-0.2, 0) is 16.0 Å². The van der Waals surface area contributed by atoms with Crippen LogP contribution in [0.5, 0.6) is 0 Å². The van der Waals surface area contributed by atoms with Gasteiger partial charge in [0.2, 0.25) is 11.8 Å². The quantitative estimate of drug-likeness (QED) is 0.817. The van der Waals surface area contributed by atoms with Crippen LogP contribution < -0.4 is 5.32 Å². The van der Waals surface area contributed by atoms with Crippen molar-refractivity contribution >= 4 is 35.4 Å². The number of piperazine rings is 1. The van der Waals surface area contributed by atoms with Crippen LogP contribution in [0.25, 0.3) is 0 Å². The van der Waals surface area contributed by atoms with E-state index >= 15 is 0 Å². The van der Waals surface area contributed by atoms with Gasteiger partial charge in [-0.05, 0) is 32.0 Å². The molecule has 0 spiro atoms. The molecule has 1 aliphatic carbocycles. The van der Waals surface area contributed by atoms with Gasteiger partial charge in [0.25, 0.3) is 0 Å². The van der Waals surface area contributed by atoms with E-state index in [2.05, 4.69) is 10.3 Å². The van der Waals surface area contributed by atoms with Crippen LogP contribution in [-0.4, -0.2) is 40.3 Å². The lowest BCUT2D eigenvalue weighted by molar-refractivity contribution is -0.143. The number of thiazole rings is 1. The fourth-order valence-corrected chi connectivity index (χ4v) is 4.58. The Labute approximate surface area is 132 Å². The number of aromatic amines is 1. The fourth-order valence-electron chi connectivity index (χ4n) is 3.29. The molecular formula is C14H19N3O2S2. The van der Waals surface area contributed by atoms with E-state index in [9.17, 15) is 9.59 Å². The monoisotopic (exact) mass is 325 g/mol. The van der Waals surface area contributed by atoms with E-state index in [0.29, 0.717) is 10.4 Å². The van der Waals surface area contributed by atoms with Crippen LogP contribution in [0.1, 0.15) is 36.3 Å². The third-order valence-corrected chi connectivity index (χ3v) is 5.68. The molecule has 5 nitrogen and oxygen atoms in total. The molecule has 7 heteroatoms. The van der Waals surface area contributed by atoms with Gasteiger partial charge in [0.1, 0.15) is 0 Å². The summed E-state index contributed by atoms with van der Waals surface area (Å²) in [5.41, 5.74) is 0.958. The van der Waals surface area contributed by atoms with Gasteiger partial charge in [-0.1, -0.05) is 12.8 Å². The van der Waals surface area contributed by atoms with Gasteiger partial charge in [0.15, 0.2) is 3.95 Å². The third kappa shape index (κ3) is 3.03. The summed E-state index contributed by atoms with van der Waals surface area (Å²) >= 11 is 6.56. The first-order valence-electron chi connectivity index (χ1n) is 7.32. The second-order valence-electron chi connectivity index (χ2n) is 5.79. The van der Waals surface area contributed by atoms with Gasteiger partial charge in [-0.2, -0.15) is 0 Å². The van der Waals surface area contributed by atoms with Crippen molar-refractivity contribution in [2.45, 2.75) is 51.1 Å². The first-order valence-corrected chi connectivity index (χ1v) is 8.54. The number of fused-ring (bicyclic) bond motifs is 1. The Bertz CT molecular complexity index is 622. The van der Waals surface area contributed by atoms with Gasteiger partial charge in [-0.25, -0.2) is 0 Å². The van der Waals surface area contributed by atoms with Crippen LogP contribution in [0.3, 0.4) is 0 Å². The predicted molar refractivity (Wildman–Crippen MR) is 83.8 cm³/mol. The average Bonchev–Trinajstić information content (AvgIpc) is 2.75. The predicted octanol–water partition coefficient (Wildman–Crippen LogP) is 1.93. The van der Waals surface area contributed by atoms with Gasteiger partial charge in [-0.3, -0.25) is 9.59 Å². The molecule has 1 aliphatic heterocycles. The molecular weight excluding hydrogens is 306 g/mol. The van der Waals surface area contributed by atoms with Crippen molar-refractivity contribution in [1.29, 1.82) is 0 Å². The zero-order valence-electron chi connectivity index (χ0n) is 12.0. The Morgan fingerprint density at radius 1 is 1.43 bits per heavy atom. The number of hydrogen-bond acceptors (Lipinski definition) is 4. The van der Waals surface area contributed by atoms with Crippen molar-refractivity contribution in [3.63, 3.8) is 0 Å². The molecule has 1 aromatic heterocycles. The van der Waals surface area contributed by atoms with E-state index in [0.717, 1.165) is 36.3 Å². The second kappa shape index (κ2) is 5.88. The fraction of sp³-hybridized carbons (Fsp3) is 0.643. The lowest BCUT2D eigenvalue weighted by atomic mass is 9.87. The van der Waals surface area contributed by atoms with E-state index in [4.69, 9.17) is 12.2 Å². The summed E-state index contributed by atoms with van der Waals surface area (Å²) in [5.74, 6) is 0.0000207. The normalized spacial score (nSPS) is 25.4. The molecule has 2 atom stereocenters. The maximum absolute atomic E-state index is 12.6. The SMILES string of the molecule is Cc1[nH]c(=S)sc1CC(=O)N1CC(=O)N[C@@H]2CCCC[C@@H]21. The zero-order chi connectivity index (χ0) is 15.0. The summed E-state index contributed by atoms with van der Waals surface area (Å²) in [7, 11) is 0. The minimum absolute atomic E-state index is 0.0371. The molecule has 1 saturated carbocycles. The van der Waals surface area contributed by atoms with Crippen molar-refractivity contribution in [1.82, 2.24) is 15.2 Å². The first-order chi connectivity index (χ1) is 10.0. The molecule has 1 saturated heterocycles. The van der Waals surface area contributed by atoms with Crippen molar-refractivity contribution < 1.29 is 9.59 Å². The lowest BCUT2D eigenvalue weighted by Crippen LogP contribution is -2.63. The van der Waals surface area contributed by atoms with Gasteiger partial charge in [-0.15, -0.1) is 11.3 Å². The summed E-state index contributed by atoms with van der Waals surface area (Å²) in [4.78, 5) is 30.3. The Hall–Kier alpha value is -1.21. The summed E-state index contributed by atoms with van der Waals surface area (Å²) in [6.07, 6.45) is 4.55. The van der Waals surface area contributed by atoms with Crippen LogP contribution in [0.15, 0.2) is 0 Å². The van der Waals surface area contributed by atoms with Crippen LogP contribution in [0.2, 0.25) is 0 Å². The maximum Gasteiger partial charge on any atom is 0.239 e. The minimum atomic E-state index is -0.0371. The van der Waals surface area contributed by atoms with Gasteiger partial charge in [0.05, 0.1) is 19.0 Å². The van der Waals surface area contributed by atoms with Crippen molar-refractivity contribution in [2.24, 2.45) is 0 Å². The number of H-pyrrole nitrogens is 1. The number of nitrogens with zero attached hydrogens (tertiary/aromatic N) is 1. The summed E-state index contributed by atoms with van der Waals surface area (Å²) in [6, 6.07) is 0.297. The molecule has 2 amide bonds. The van der Waals surface area contributed by atoms with Crippen LogP contribution in [0, 0.1) is 10.9 Å². The third-order valence-electron chi connectivity index (χ3n) is 4.35. The number of amides is 2. The smallest absolute Gasteiger partial charge is 0.239 e. The standard InChI is InChI=1S/C14H19N3O2S2/c1-8-11(21-14(20)15-8)6-13(19)17-7-12(18)16-9-4-2-3-5-10(9)17/h9-10H,2-7H2,1H3,(H,15,20)(H,16,18)/t9-,10+/m1/s1. The Morgan fingerprint density at radius 3 is 2.90 bits per heavy atom. The highest BCUT2D eigenvalue weighted by atomic mass is 32.1. The first kappa shape index (κ1) is 14.7. The van der Waals surface area contributed by atoms with Crippen LogP contribution in [0.4, 0.5) is 0 Å². The molecule has 0 aromatic carbocycles. The number of carbonyl (C=O) groups excluding carboxylic acids is 2. The molecule has 114 valence electrons. The molecule has 0 unspecified atom stereocenters. The minimum Gasteiger partial charge on any atom is -0.350 e. The topological polar surface area (TPSA) is 65.2 Å². The molecule has 2 heterocycles. The van der Waals surface area contributed by atoms with E-state index in [1.54, 1.807) is 4.90 Å². The second-order valence-corrected chi connectivity index (χ2v) is 7.56. The van der Waals surface area contributed by atoms with Gasteiger partial charge >= 0.3 is 0 Å². The van der Waals surface area contributed by atoms with Crippen molar-refractivity contribution in [2.75, 3.05) is 6.54 Å². The number of rotatable bonds is 2. The zero-order valence-corrected chi connectivity index (χ0v) is 13.6. The Balaban J connectivity index is 1.77. The maximum atomic E-state index is 12.6. The number of aromatic nitrogens is 1. The average molecular weight is 325 g/mol. The van der Waals surface area contributed by atoms with E-state index in [1.165, 1.54) is 11.3 Å². The molecule has 1 aromatic rings. The number of aryl methyl sites for hydroxylation is 1. The Morgan fingerprint density at radius 2 is 2.19 bits per heavy atom. The molecule has 2 fully saturated rings. The molecule has 2 aliphatic rings. The number of nitrogens with one attached hydrogen (secondary N) is 2. The summed E-state index contributed by atoms with van der Waals surface area (Å²) in [5, 5.41) is 3.03. The van der Waals surface area contributed by atoms with E-state index in [-0.39, 0.29) is 30.4 Å². The summed E-state index contributed by atoms with van der Waals surface area (Å²) in [6.45, 7) is 2.12. The van der Waals surface area contributed by atoms with Gasteiger partial charge in [0, 0.05) is 16.6 Å². The van der Waals surface area contributed by atoms with E-state index < -0.39 is 0 Å². The van der Waals surface area contributed by atoms with E-state index in [1.807, 2.05) is 6.92 Å². The molecule has 3 rings (SSSR count). The lowest BCUT2D eigenvalue weighted by Gasteiger charge is -2.44. The molecule has 21 heavy (non-hydrogen) atoms. The van der Waals surface area contributed by atoms with Gasteiger partial charge < -0.3 is 15.2 Å². The largest absolute Gasteiger partial charge is 0.350 e. The number of carbonyl (C=O) groups is 2. The molecule has 2 N–H and O–H groups in total. The highest BCUT2D eigenvalue weighted by Crippen LogP contribution is 2.27. The highest BCUT2D eigenvalue weighted by molar-refractivity contribution is 7.73. The van der Waals surface area contributed by atoms with Crippen molar-refractivity contribution in [3.8, 4) is 0 Å². The summed E-state index contributed by atoms with van der Waals surface area (Å²) < 4.78 is 0.697.